The second kappa shape index (κ2) is 9.28. The van der Waals surface area contributed by atoms with Crippen LogP contribution in [0.15, 0.2) is 24.3 Å². The maximum atomic E-state index is 12.9. The van der Waals surface area contributed by atoms with E-state index in [4.69, 9.17) is 17.3 Å². The first-order chi connectivity index (χ1) is 13.5. The van der Waals surface area contributed by atoms with E-state index in [2.05, 4.69) is 10.6 Å². The smallest absolute Gasteiger partial charge is 0.438 e. The fourth-order valence-corrected chi connectivity index (χ4v) is 4.97. The highest BCUT2D eigenvalue weighted by molar-refractivity contribution is 7.17. The number of amides is 3. The molecule has 1 aliphatic rings. The molecule has 3 rings (SSSR count). The summed E-state index contributed by atoms with van der Waals surface area (Å²) in [5.74, 6) is -0.726. The topological polar surface area (TPSA) is 84.2 Å². The lowest BCUT2D eigenvalue weighted by Gasteiger charge is -2.37. The van der Waals surface area contributed by atoms with E-state index in [-0.39, 0.29) is 58.5 Å². The molecule has 1 atom stereocenters. The third-order valence-corrected chi connectivity index (χ3v) is 6.04. The highest BCUT2D eigenvalue weighted by atomic mass is 127. The van der Waals surface area contributed by atoms with Crippen molar-refractivity contribution in [2.24, 2.45) is 5.73 Å². The molecule has 0 saturated carbocycles. The molecular formula is C18H19ClF3IN4O2S. The van der Waals surface area contributed by atoms with E-state index in [9.17, 15) is 22.8 Å². The van der Waals surface area contributed by atoms with Crippen molar-refractivity contribution in [1.29, 1.82) is 0 Å². The molecule has 1 aromatic carbocycles. The molecule has 2 aromatic rings. The Balaban J connectivity index is 0.00000320. The van der Waals surface area contributed by atoms with E-state index in [1.165, 1.54) is 7.05 Å². The molecule has 4 N–H and O–H groups in total. The Bertz CT molecular complexity index is 952. The lowest BCUT2D eigenvalue weighted by atomic mass is 10.0. The fraction of sp³-hybridized carbons (Fsp3) is 0.333. The number of carbonyl (C=O) groups excluding carboxylic acids is 2. The lowest BCUT2D eigenvalue weighted by Crippen LogP contribution is -3.00. The number of quaternary nitrogens is 1. The van der Waals surface area contributed by atoms with E-state index in [0.717, 1.165) is 11.3 Å². The van der Waals surface area contributed by atoms with Gasteiger partial charge < -0.3 is 39.5 Å². The number of primary amides is 1. The highest BCUT2D eigenvalue weighted by Gasteiger charge is 2.43. The van der Waals surface area contributed by atoms with Crippen molar-refractivity contribution >= 4 is 45.6 Å². The number of nitrogens with zero attached hydrogens (tertiary/aromatic N) is 1. The van der Waals surface area contributed by atoms with Crippen LogP contribution >= 0.6 is 22.9 Å². The zero-order valence-electron chi connectivity index (χ0n) is 15.8. The van der Waals surface area contributed by atoms with Gasteiger partial charge in [-0.25, -0.2) is 4.79 Å². The van der Waals surface area contributed by atoms with Crippen molar-refractivity contribution in [3.63, 3.8) is 0 Å². The van der Waals surface area contributed by atoms with Gasteiger partial charge in [0.25, 0.3) is 5.91 Å². The molecule has 12 heteroatoms. The van der Waals surface area contributed by atoms with Crippen LogP contribution in [0.2, 0.25) is 5.02 Å². The standard InChI is InChI=1S/C18H18ClF3N4O2S.HI/c1-26(9-18(20,21)22)7-6-12-13(8-26)29-16(14(12)15(23)27)25-17(28)24-11-4-2-10(19)3-5-11;/h2-5H,6-9H2,1H3,(H3-,23,24,25,27,28);1H. The number of alkyl halides is 3. The number of fused-ring (bicyclic) bond motifs is 1. The molecule has 1 aliphatic heterocycles. The molecule has 1 aromatic heterocycles. The fourth-order valence-electron chi connectivity index (χ4n) is 3.43. The number of benzene rings is 1. The highest BCUT2D eigenvalue weighted by Crippen LogP contribution is 2.39. The Kier molecular flexibility index (Phi) is 7.64. The average molecular weight is 575 g/mol. The molecule has 0 spiro atoms. The summed E-state index contributed by atoms with van der Waals surface area (Å²) in [6.07, 6.45) is -4.02. The Morgan fingerprint density at radius 1 is 1.23 bits per heavy atom. The first-order valence-electron chi connectivity index (χ1n) is 8.64. The van der Waals surface area contributed by atoms with Crippen molar-refractivity contribution in [2.45, 2.75) is 19.1 Å². The van der Waals surface area contributed by atoms with Crippen molar-refractivity contribution in [3.8, 4) is 0 Å². The number of likely N-dealkylation sites (N-methyl/N-ethyl adjacent to an activating group) is 1. The predicted octanol–water partition coefficient (Wildman–Crippen LogP) is 1.21. The molecule has 0 radical (unpaired) electrons. The second-order valence-electron chi connectivity index (χ2n) is 7.18. The van der Waals surface area contributed by atoms with Gasteiger partial charge in [-0.2, -0.15) is 13.2 Å². The number of carbonyl (C=O) groups is 2. The quantitative estimate of drug-likeness (QED) is 0.379. The van der Waals surface area contributed by atoms with E-state index < -0.39 is 24.7 Å². The van der Waals surface area contributed by atoms with Crippen molar-refractivity contribution in [2.75, 3.05) is 30.8 Å². The SMILES string of the molecule is C[N+]1(CC(F)(F)F)CCc2c(sc(NC(=O)Nc3ccc(Cl)cc3)c2C(N)=O)C1.[I-]. The molecule has 0 bridgehead atoms. The second-order valence-corrected chi connectivity index (χ2v) is 8.72. The van der Waals surface area contributed by atoms with Crippen LogP contribution in [0.4, 0.5) is 28.7 Å². The summed E-state index contributed by atoms with van der Waals surface area (Å²) in [7, 11) is 1.53. The minimum Gasteiger partial charge on any atom is -1.00 e. The monoisotopic (exact) mass is 574 g/mol. The van der Waals surface area contributed by atoms with E-state index >= 15 is 0 Å². The first-order valence-corrected chi connectivity index (χ1v) is 9.83. The average Bonchev–Trinajstić information content (AvgIpc) is 2.91. The Labute approximate surface area is 197 Å². The maximum Gasteiger partial charge on any atom is 0.438 e. The summed E-state index contributed by atoms with van der Waals surface area (Å²) < 4.78 is 38.5. The third-order valence-electron chi connectivity index (χ3n) is 4.65. The molecule has 30 heavy (non-hydrogen) atoms. The van der Waals surface area contributed by atoms with E-state index in [1.807, 2.05) is 0 Å². The number of rotatable bonds is 4. The molecule has 0 fully saturated rings. The minimum atomic E-state index is -4.30. The van der Waals surface area contributed by atoms with Crippen LogP contribution in [-0.2, 0) is 13.0 Å². The van der Waals surface area contributed by atoms with Crippen molar-refractivity contribution < 1.29 is 51.2 Å². The molecule has 164 valence electrons. The first kappa shape index (κ1) is 24.7. The number of nitrogens with one attached hydrogen (secondary N) is 2. The van der Waals surface area contributed by atoms with Gasteiger partial charge in [0.05, 0.1) is 24.0 Å². The Morgan fingerprint density at radius 3 is 2.43 bits per heavy atom. The van der Waals surface area contributed by atoms with Crippen LogP contribution < -0.4 is 40.3 Å². The largest absolute Gasteiger partial charge is 1.00 e. The zero-order valence-corrected chi connectivity index (χ0v) is 19.5. The van der Waals surface area contributed by atoms with Gasteiger partial charge >= 0.3 is 12.2 Å². The number of thiophene rings is 1. The predicted molar refractivity (Wildman–Crippen MR) is 106 cm³/mol. The molecule has 2 heterocycles. The number of nitrogens with two attached hydrogens (primary N) is 1. The van der Waals surface area contributed by atoms with Gasteiger partial charge in [-0.3, -0.25) is 10.1 Å². The number of anilines is 2. The van der Waals surface area contributed by atoms with Gasteiger partial charge in [0.2, 0.25) is 0 Å². The molecule has 0 saturated heterocycles. The van der Waals surface area contributed by atoms with Crippen LogP contribution in [0.3, 0.4) is 0 Å². The molecular weight excluding hydrogens is 556 g/mol. The van der Waals surface area contributed by atoms with Gasteiger partial charge in [-0.15, -0.1) is 11.3 Å². The summed E-state index contributed by atoms with van der Waals surface area (Å²) in [4.78, 5) is 24.9. The van der Waals surface area contributed by atoms with Gasteiger partial charge in [0.15, 0.2) is 6.54 Å². The summed E-state index contributed by atoms with van der Waals surface area (Å²) in [6.45, 7) is -0.629. The van der Waals surface area contributed by atoms with Crippen LogP contribution in [-0.4, -0.2) is 42.7 Å². The summed E-state index contributed by atoms with van der Waals surface area (Å²) >= 11 is 6.89. The van der Waals surface area contributed by atoms with E-state index in [0.29, 0.717) is 21.2 Å². The molecule has 3 amide bonds. The van der Waals surface area contributed by atoms with Gasteiger partial charge in [0.1, 0.15) is 11.5 Å². The Hall–Kier alpha value is -1.57. The lowest BCUT2D eigenvalue weighted by molar-refractivity contribution is -0.933. The van der Waals surface area contributed by atoms with Crippen molar-refractivity contribution in [3.05, 3.63) is 45.3 Å². The number of hydrogen-bond acceptors (Lipinski definition) is 3. The third kappa shape index (κ3) is 5.99. The van der Waals surface area contributed by atoms with Crippen molar-refractivity contribution in [1.82, 2.24) is 0 Å². The number of halogens is 5. The summed E-state index contributed by atoms with van der Waals surface area (Å²) in [6, 6.07) is 5.83. The van der Waals surface area contributed by atoms with Crippen LogP contribution in [0.25, 0.3) is 0 Å². The van der Waals surface area contributed by atoms with Crippen LogP contribution in [0, 0.1) is 0 Å². The molecule has 6 nitrogen and oxygen atoms in total. The zero-order chi connectivity index (χ0) is 21.4. The number of urea groups is 1. The van der Waals surface area contributed by atoms with Gasteiger partial charge in [-0.05, 0) is 29.8 Å². The Morgan fingerprint density at radius 2 is 1.87 bits per heavy atom. The van der Waals surface area contributed by atoms with E-state index in [1.54, 1.807) is 24.3 Å². The van der Waals surface area contributed by atoms with Gasteiger partial charge in [-0.1, -0.05) is 11.6 Å². The minimum absolute atomic E-state index is 0. The molecule has 1 unspecified atom stereocenters. The van der Waals surface area contributed by atoms with Gasteiger partial charge in [0, 0.05) is 17.1 Å². The summed E-state index contributed by atoms with van der Waals surface area (Å²) in [5.41, 5.74) is 6.76. The molecule has 0 aliphatic carbocycles. The summed E-state index contributed by atoms with van der Waals surface area (Å²) in [5, 5.41) is 5.94. The normalized spacial score (nSPS) is 18.2. The van der Waals surface area contributed by atoms with Crippen LogP contribution in [0.1, 0.15) is 20.8 Å². The number of hydrogen-bond donors (Lipinski definition) is 3. The van der Waals surface area contributed by atoms with Crippen LogP contribution in [0.5, 0.6) is 0 Å². The maximum absolute atomic E-state index is 12.9.